The Morgan fingerprint density at radius 1 is 1.08 bits per heavy atom. The van der Waals surface area contributed by atoms with Crippen molar-refractivity contribution in [2.75, 3.05) is 13.7 Å². The van der Waals surface area contributed by atoms with Crippen LogP contribution in [0.1, 0.15) is 39.9 Å². The standard InChI is InChI=1S/C38H45NO12S2/c1-18-12-22-23(17-42)26(49-2)15-27-30(22)32(44)29(18)25(43)14-20(16-41)52-53-28(13-19-6-4-3-5-7-19)31-21(9-11-40)24(39)8-10-38(31,48)36-34(46)33(45)35(47)37(50-27)51-36/h3-8,10-12,15,20-21,24,28,31,33-37,41-42,44-48H,9,13-14,16-17,39H2,1-2H3/t20-,21-,24+,28-,31+,33+,34+,35-,36+,37+,38+/m1/s1. The highest BCUT2D eigenvalue weighted by Crippen LogP contribution is 2.51. The summed E-state index contributed by atoms with van der Waals surface area (Å²) in [7, 11) is 3.85. The van der Waals surface area contributed by atoms with Crippen LogP contribution < -0.4 is 15.2 Å². The molecule has 3 aromatic rings. The van der Waals surface area contributed by atoms with Crippen molar-refractivity contribution >= 4 is 44.4 Å². The number of aliphatic hydroxyl groups excluding tert-OH is 5. The Morgan fingerprint density at radius 2 is 1.81 bits per heavy atom. The van der Waals surface area contributed by atoms with Gasteiger partial charge in [0, 0.05) is 46.9 Å². The van der Waals surface area contributed by atoms with Crippen LogP contribution in [0, 0.1) is 18.8 Å². The molecule has 1 aliphatic carbocycles. The number of phenolic OH excluding ortho intramolecular Hbond substituents is 1. The Kier molecular flexibility index (Phi) is 12.1. The van der Waals surface area contributed by atoms with Crippen molar-refractivity contribution in [3.63, 3.8) is 0 Å². The van der Waals surface area contributed by atoms with Gasteiger partial charge in [0.15, 0.2) is 5.78 Å². The number of phenols is 1. The van der Waals surface area contributed by atoms with Gasteiger partial charge < -0.3 is 60.5 Å². The van der Waals surface area contributed by atoms with E-state index >= 15 is 0 Å². The van der Waals surface area contributed by atoms with Gasteiger partial charge in [0.25, 0.3) is 0 Å². The van der Waals surface area contributed by atoms with Crippen molar-refractivity contribution < 1.29 is 59.5 Å². The van der Waals surface area contributed by atoms with Crippen LogP contribution in [0.25, 0.3) is 10.8 Å². The van der Waals surface area contributed by atoms with Gasteiger partial charge in [-0.25, -0.2) is 0 Å². The zero-order valence-electron chi connectivity index (χ0n) is 29.1. The molecule has 286 valence electrons. The van der Waals surface area contributed by atoms with Gasteiger partial charge in [-0.15, -0.1) is 0 Å². The fourth-order valence-corrected chi connectivity index (χ4v) is 11.2. The number of benzene rings is 3. The predicted molar refractivity (Wildman–Crippen MR) is 199 cm³/mol. The SMILES string of the molecule is COc1cc2c3c(O)c(c(C)cc3c1CO)C(=O)C[C@H](CO)SS[C@H](Cc1ccccc1)[C@@H]1[C@H](CC=O)[C@@H](N)C=C[C@@]1(O)[C@H]1O[C@H](O2)[C@H](O)[C@@H](O)[C@@H]1O. The number of carbonyl (C=O) groups is 2. The van der Waals surface area contributed by atoms with E-state index in [4.69, 9.17) is 19.9 Å². The maximum atomic E-state index is 14.0. The summed E-state index contributed by atoms with van der Waals surface area (Å²) in [5.41, 5.74) is 5.94. The van der Waals surface area contributed by atoms with Crippen LogP contribution in [-0.2, 0) is 22.6 Å². The molecular formula is C38H45NO12S2. The number of hydrogen-bond acceptors (Lipinski definition) is 15. The van der Waals surface area contributed by atoms with Crippen LogP contribution in [0.4, 0.5) is 0 Å². The lowest BCUT2D eigenvalue weighted by Gasteiger charge is -2.53. The van der Waals surface area contributed by atoms with Gasteiger partial charge >= 0.3 is 0 Å². The Bertz CT molecular complexity index is 1850. The molecule has 3 aromatic carbocycles. The monoisotopic (exact) mass is 771 g/mol. The van der Waals surface area contributed by atoms with E-state index in [1.165, 1.54) is 46.9 Å². The molecule has 11 atom stereocenters. The molecule has 1 saturated heterocycles. The predicted octanol–water partition coefficient (Wildman–Crippen LogP) is 1.93. The first-order valence-electron chi connectivity index (χ1n) is 17.3. The number of methoxy groups -OCH3 is 1. The first kappa shape index (κ1) is 39.5. The molecule has 3 aliphatic rings. The van der Waals surface area contributed by atoms with E-state index in [1.807, 2.05) is 30.3 Å². The molecule has 4 bridgehead atoms. The maximum Gasteiger partial charge on any atom is 0.229 e. The summed E-state index contributed by atoms with van der Waals surface area (Å²) >= 11 is 0. The smallest absolute Gasteiger partial charge is 0.229 e. The van der Waals surface area contributed by atoms with Crippen molar-refractivity contribution in [3.05, 3.63) is 76.9 Å². The summed E-state index contributed by atoms with van der Waals surface area (Å²) in [6.07, 6.45) is -5.43. The molecule has 53 heavy (non-hydrogen) atoms. The number of aryl methyl sites for hydroxylation is 1. The lowest BCUT2D eigenvalue weighted by Crippen LogP contribution is -2.69. The lowest BCUT2D eigenvalue weighted by molar-refractivity contribution is -0.306. The van der Waals surface area contributed by atoms with E-state index in [9.17, 15) is 45.3 Å². The molecule has 15 heteroatoms. The van der Waals surface area contributed by atoms with Crippen molar-refractivity contribution in [1.82, 2.24) is 0 Å². The number of fused-ring (bicyclic) bond motifs is 5. The second kappa shape index (κ2) is 16.3. The summed E-state index contributed by atoms with van der Waals surface area (Å²) < 4.78 is 18.0. The van der Waals surface area contributed by atoms with Crippen LogP contribution in [0.3, 0.4) is 0 Å². The molecule has 0 unspecified atom stereocenters. The molecule has 0 saturated carbocycles. The number of aldehydes is 1. The zero-order valence-corrected chi connectivity index (χ0v) is 30.8. The number of Topliss-reactive ketones (excluding diaryl/α,β-unsaturated/α-hetero) is 1. The van der Waals surface area contributed by atoms with Crippen molar-refractivity contribution in [3.8, 4) is 17.2 Å². The van der Waals surface area contributed by atoms with Crippen LogP contribution in [0.5, 0.6) is 17.2 Å². The normalized spacial score (nSPS) is 33.3. The molecule has 13 nitrogen and oxygen atoms in total. The number of rotatable bonds is 7. The van der Waals surface area contributed by atoms with Gasteiger partial charge in [0.1, 0.15) is 53.6 Å². The third-order valence-electron chi connectivity index (χ3n) is 10.6. The first-order valence-corrected chi connectivity index (χ1v) is 19.6. The average Bonchev–Trinajstić information content (AvgIpc) is 3.14. The van der Waals surface area contributed by atoms with Crippen LogP contribution >= 0.6 is 21.6 Å². The van der Waals surface area contributed by atoms with Crippen LogP contribution in [0.2, 0.25) is 0 Å². The highest BCUT2D eigenvalue weighted by molar-refractivity contribution is 8.77. The summed E-state index contributed by atoms with van der Waals surface area (Å²) in [6.45, 7) is 0.691. The number of aromatic hydroxyl groups is 1. The number of carbonyl (C=O) groups excluding carboxylic acids is 2. The summed E-state index contributed by atoms with van der Waals surface area (Å²) in [5, 5.41) is 78.7. The van der Waals surface area contributed by atoms with Crippen molar-refractivity contribution in [2.24, 2.45) is 17.6 Å². The minimum absolute atomic E-state index is 0.0273. The number of hydrogen-bond donors (Lipinski definition) is 8. The second-order valence-electron chi connectivity index (χ2n) is 13.8. The maximum absolute atomic E-state index is 14.0. The molecule has 0 spiro atoms. The van der Waals surface area contributed by atoms with Crippen molar-refractivity contribution in [2.45, 2.75) is 85.6 Å². The number of nitrogens with two attached hydrogens (primary N) is 1. The molecule has 0 aromatic heterocycles. The topological polar surface area (TPSA) is 229 Å². The summed E-state index contributed by atoms with van der Waals surface area (Å²) in [4.78, 5) is 26.2. The Balaban J connectivity index is 1.59. The third-order valence-corrected chi connectivity index (χ3v) is 13.9. The van der Waals surface area contributed by atoms with Gasteiger partial charge in [0.2, 0.25) is 6.29 Å². The number of aliphatic hydroxyl groups is 6. The highest BCUT2D eigenvalue weighted by atomic mass is 33.1. The zero-order chi connectivity index (χ0) is 38.2. The average molecular weight is 772 g/mol. The minimum Gasteiger partial charge on any atom is -0.506 e. The Hall–Kier alpha value is -3.22. The van der Waals surface area contributed by atoms with E-state index in [2.05, 4.69) is 0 Å². The minimum atomic E-state index is -2.13. The molecule has 0 amide bonds. The molecule has 1 fully saturated rings. The molecule has 6 rings (SSSR count). The van der Waals surface area contributed by atoms with Gasteiger partial charge in [-0.2, -0.15) is 0 Å². The molecule has 2 aliphatic heterocycles. The van der Waals surface area contributed by atoms with E-state index in [1.54, 1.807) is 13.0 Å². The first-order chi connectivity index (χ1) is 25.4. The largest absolute Gasteiger partial charge is 0.506 e. The fourth-order valence-electron chi connectivity index (χ4n) is 7.97. The van der Waals surface area contributed by atoms with Gasteiger partial charge in [-0.05, 0) is 41.8 Å². The quantitative estimate of drug-likeness (QED) is 0.0975. The number of ether oxygens (including phenoxy) is 3. The van der Waals surface area contributed by atoms with Crippen LogP contribution in [-0.4, -0.2) is 114 Å². The van der Waals surface area contributed by atoms with E-state index in [-0.39, 0.29) is 46.2 Å². The highest BCUT2D eigenvalue weighted by Gasteiger charge is 2.60. The summed E-state index contributed by atoms with van der Waals surface area (Å²) in [5.74, 6) is -2.63. The van der Waals surface area contributed by atoms with Crippen molar-refractivity contribution in [1.29, 1.82) is 0 Å². The molecule has 0 radical (unpaired) electrons. The Labute approximate surface area is 314 Å². The van der Waals surface area contributed by atoms with Gasteiger partial charge in [-0.1, -0.05) is 64.1 Å². The van der Waals surface area contributed by atoms with Gasteiger partial charge in [0.05, 0.1) is 31.3 Å². The fraction of sp³-hybridized carbons (Fsp3) is 0.474. The third kappa shape index (κ3) is 7.32. The van der Waals surface area contributed by atoms with E-state index < -0.39 is 89.4 Å². The molecule has 2 heterocycles. The van der Waals surface area contributed by atoms with E-state index in [0.29, 0.717) is 18.3 Å². The van der Waals surface area contributed by atoms with E-state index in [0.717, 1.165) is 5.56 Å². The van der Waals surface area contributed by atoms with Gasteiger partial charge in [-0.3, -0.25) is 4.79 Å². The number of ketones is 1. The molecular weight excluding hydrogens is 727 g/mol. The van der Waals surface area contributed by atoms with Crippen LogP contribution in [0.15, 0.2) is 54.6 Å². The summed E-state index contributed by atoms with van der Waals surface area (Å²) in [6, 6.07) is 11.6. The molecule has 9 N–H and O–H groups in total. The second-order valence-corrected chi connectivity index (χ2v) is 16.6. The Morgan fingerprint density at radius 3 is 2.47 bits per heavy atom. The lowest BCUT2D eigenvalue weighted by atomic mass is 9.63.